The molecule has 1 aromatic heterocycles. The van der Waals surface area contributed by atoms with Crippen LogP contribution in [0.3, 0.4) is 0 Å². The predicted octanol–water partition coefficient (Wildman–Crippen LogP) is 4.45. The van der Waals surface area contributed by atoms with Crippen molar-refractivity contribution in [3.8, 4) is 0 Å². The van der Waals surface area contributed by atoms with Crippen molar-refractivity contribution in [1.82, 2.24) is 19.7 Å². The van der Waals surface area contributed by atoms with E-state index in [4.69, 9.17) is 16.3 Å². The molecule has 0 bridgehead atoms. The van der Waals surface area contributed by atoms with E-state index in [0.29, 0.717) is 26.2 Å². The number of benzene rings is 1. The molecule has 2 amide bonds. The highest BCUT2D eigenvalue weighted by Crippen LogP contribution is 2.47. The monoisotopic (exact) mass is 582 g/mol. The fourth-order valence-corrected chi connectivity index (χ4v) is 6.59. The first kappa shape index (κ1) is 29.6. The summed E-state index contributed by atoms with van der Waals surface area (Å²) in [6, 6.07) is 10.2. The van der Waals surface area contributed by atoms with Gasteiger partial charge in [-0.25, -0.2) is 9.78 Å². The average molecular weight is 583 g/mol. The number of carbonyl (C=O) groups excluding carboxylic acids is 2. The molecule has 0 radical (unpaired) electrons. The molecule has 2 aromatic rings. The van der Waals surface area contributed by atoms with E-state index in [-0.39, 0.29) is 17.4 Å². The Morgan fingerprint density at radius 3 is 2.51 bits per heavy atom. The maximum absolute atomic E-state index is 13.3. The summed E-state index contributed by atoms with van der Waals surface area (Å²) in [5.74, 6) is 0.980. The van der Waals surface area contributed by atoms with E-state index in [1.165, 1.54) is 0 Å². The molecule has 1 N–H and O–H groups in total. The molecule has 0 saturated carbocycles. The van der Waals surface area contributed by atoms with Gasteiger partial charge >= 0.3 is 6.09 Å². The van der Waals surface area contributed by atoms with E-state index in [9.17, 15) is 9.59 Å². The Balaban J connectivity index is 1.12. The quantitative estimate of drug-likeness (QED) is 0.517. The number of fused-ring (bicyclic) bond motifs is 1. The third-order valence-corrected chi connectivity index (χ3v) is 8.84. The summed E-state index contributed by atoms with van der Waals surface area (Å²) < 4.78 is 5.50. The smallest absolute Gasteiger partial charge is 0.410 e. The number of pyridine rings is 1. The summed E-state index contributed by atoms with van der Waals surface area (Å²) in [5, 5.41) is 4.17. The number of hydrogen-bond acceptors (Lipinski definition) is 7. The Hall–Kier alpha value is -2.88. The summed E-state index contributed by atoms with van der Waals surface area (Å²) >= 11 is 6.67. The molecule has 0 aliphatic carbocycles. The number of nitrogens with zero attached hydrogens (tertiary/aromatic N) is 5. The zero-order valence-corrected chi connectivity index (χ0v) is 25.5. The molecule has 4 heterocycles. The van der Waals surface area contributed by atoms with Crippen LogP contribution in [0.5, 0.6) is 0 Å². The number of carbonyl (C=O) groups is 2. The van der Waals surface area contributed by atoms with Crippen LogP contribution in [-0.2, 0) is 14.9 Å². The second-order valence-corrected chi connectivity index (χ2v) is 12.7. The van der Waals surface area contributed by atoms with Gasteiger partial charge in [0.25, 0.3) is 0 Å². The number of hydrogen-bond donors (Lipinski definition) is 1. The lowest BCUT2D eigenvalue weighted by molar-refractivity contribution is -0.121. The van der Waals surface area contributed by atoms with Crippen molar-refractivity contribution in [3.63, 3.8) is 0 Å². The Kier molecular flexibility index (Phi) is 8.78. The minimum atomic E-state index is -0.470. The number of piperazine rings is 2. The van der Waals surface area contributed by atoms with Crippen molar-refractivity contribution in [1.29, 1.82) is 0 Å². The molecule has 222 valence electrons. The lowest BCUT2D eigenvalue weighted by Crippen LogP contribution is -2.52. The summed E-state index contributed by atoms with van der Waals surface area (Å²) in [5.41, 5.74) is 2.39. The van der Waals surface area contributed by atoms with Gasteiger partial charge in [0.1, 0.15) is 11.4 Å². The number of ether oxygens (including phenoxy) is 1. The van der Waals surface area contributed by atoms with Gasteiger partial charge in [-0.15, -0.1) is 0 Å². The van der Waals surface area contributed by atoms with Crippen molar-refractivity contribution in [2.45, 2.75) is 51.6 Å². The molecule has 0 spiro atoms. The minimum absolute atomic E-state index is 0.134. The zero-order chi connectivity index (χ0) is 29.2. The maximum Gasteiger partial charge on any atom is 0.410 e. The van der Waals surface area contributed by atoms with Crippen LogP contribution in [0.25, 0.3) is 0 Å². The molecule has 1 atom stereocenters. The van der Waals surface area contributed by atoms with Crippen LogP contribution in [0, 0.1) is 0 Å². The summed E-state index contributed by atoms with van der Waals surface area (Å²) in [6.07, 6.45) is 3.38. The van der Waals surface area contributed by atoms with Crippen LogP contribution in [0.15, 0.2) is 36.5 Å². The number of anilines is 2. The Bertz CT molecular complexity index is 1260. The first-order chi connectivity index (χ1) is 19.6. The molecule has 2 saturated heterocycles. The normalized spacial score (nSPS) is 22.0. The Labute approximate surface area is 248 Å². The van der Waals surface area contributed by atoms with E-state index in [1.54, 1.807) is 11.1 Å². The second kappa shape index (κ2) is 12.2. The molecule has 9 nitrogen and oxygen atoms in total. The molecule has 3 aliphatic rings. The van der Waals surface area contributed by atoms with E-state index in [0.717, 1.165) is 79.8 Å². The zero-order valence-electron chi connectivity index (χ0n) is 24.8. The van der Waals surface area contributed by atoms with E-state index >= 15 is 0 Å². The van der Waals surface area contributed by atoms with Gasteiger partial charge < -0.3 is 19.9 Å². The molecule has 3 aliphatic heterocycles. The fourth-order valence-electron chi connectivity index (χ4n) is 6.26. The highest BCUT2D eigenvalue weighted by Gasteiger charge is 2.42. The lowest BCUT2D eigenvalue weighted by atomic mass is 9.74. The van der Waals surface area contributed by atoms with Crippen molar-refractivity contribution in [2.75, 3.05) is 75.7 Å². The topological polar surface area (TPSA) is 81.2 Å². The van der Waals surface area contributed by atoms with Crippen LogP contribution < -0.4 is 10.2 Å². The molecular weight excluding hydrogens is 540 g/mol. The van der Waals surface area contributed by atoms with Gasteiger partial charge in [0.15, 0.2) is 0 Å². The third kappa shape index (κ3) is 6.47. The number of rotatable bonds is 7. The largest absolute Gasteiger partial charge is 0.444 e. The first-order valence-electron chi connectivity index (χ1n) is 14.8. The van der Waals surface area contributed by atoms with Gasteiger partial charge in [-0.05, 0) is 70.5 Å². The van der Waals surface area contributed by atoms with Gasteiger partial charge in [-0.3, -0.25) is 14.6 Å². The Morgan fingerprint density at radius 1 is 1.07 bits per heavy atom. The minimum Gasteiger partial charge on any atom is -0.444 e. The molecule has 10 heteroatoms. The van der Waals surface area contributed by atoms with Crippen molar-refractivity contribution in [2.24, 2.45) is 0 Å². The molecular formula is C31H43ClN6O3. The maximum atomic E-state index is 13.3. The summed E-state index contributed by atoms with van der Waals surface area (Å²) in [6.45, 7) is 15.5. The molecule has 2 fully saturated rings. The number of amides is 2. The van der Waals surface area contributed by atoms with Gasteiger partial charge in [-0.1, -0.05) is 30.7 Å². The highest BCUT2D eigenvalue weighted by molar-refractivity contribution is 6.32. The second-order valence-electron chi connectivity index (χ2n) is 12.3. The number of aromatic nitrogens is 1. The van der Waals surface area contributed by atoms with Crippen molar-refractivity contribution in [3.05, 3.63) is 52.7 Å². The number of halogens is 1. The Morgan fingerprint density at radius 2 is 1.80 bits per heavy atom. The van der Waals surface area contributed by atoms with Crippen LogP contribution in [-0.4, -0.2) is 103 Å². The van der Waals surface area contributed by atoms with Gasteiger partial charge in [0.2, 0.25) is 5.91 Å². The van der Waals surface area contributed by atoms with Gasteiger partial charge in [0, 0.05) is 73.7 Å². The summed E-state index contributed by atoms with van der Waals surface area (Å²) in [7, 11) is 0. The predicted molar refractivity (Wildman–Crippen MR) is 163 cm³/mol. The van der Waals surface area contributed by atoms with E-state index < -0.39 is 5.60 Å². The third-order valence-electron chi connectivity index (χ3n) is 8.52. The number of nitrogens with one attached hydrogen (secondary N) is 1. The van der Waals surface area contributed by atoms with Crippen LogP contribution in [0.1, 0.15) is 51.7 Å². The highest BCUT2D eigenvalue weighted by atomic mass is 35.5. The van der Waals surface area contributed by atoms with Crippen LogP contribution in [0.4, 0.5) is 16.3 Å². The first-order valence-corrected chi connectivity index (χ1v) is 15.2. The summed E-state index contributed by atoms with van der Waals surface area (Å²) in [4.78, 5) is 38.5. The standard InChI is InChI=1S/C31H43ClN6O3/c1-5-31(22-34-28-27(31)25(32)10-11-33-28)23-8-6-9-24(20-23)38-19-16-36(21-26(38)39)13-7-12-35-14-17-37(18-15-35)29(40)41-30(2,3)4/h6,8-11,20H,5,7,12-19,21-22H2,1-4H3,(H,33,34). The molecule has 5 rings (SSSR count). The van der Waals surface area contributed by atoms with Crippen molar-refractivity contribution >= 4 is 35.1 Å². The fraction of sp³-hybridized carbons (Fsp3) is 0.581. The lowest BCUT2D eigenvalue weighted by Gasteiger charge is -2.37. The van der Waals surface area contributed by atoms with Crippen molar-refractivity contribution < 1.29 is 14.3 Å². The molecule has 1 aromatic carbocycles. The van der Waals surface area contributed by atoms with E-state index in [2.05, 4.69) is 39.2 Å². The van der Waals surface area contributed by atoms with E-state index in [1.807, 2.05) is 43.9 Å². The van der Waals surface area contributed by atoms with Crippen LogP contribution >= 0.6 is 11.6 Å². The van der Waals surface area contributed by atoms with Gasteiger partial charge in [0.05, 0.1) is 6.54 Å². The average Bonchev–Trinajstić information content (AvgIpc) is 3.34. The van der Waals surface area contributed by atoms with Crippen LogP contribution in [0.2, 0.25) is 5.02 Å². The molecule has 41 heavy (non-hydrogen) atoms. The van der Waals surface area contributed by atoms with Gasteiger partial charge in [-0.2, -0.15) is 0 Å². The molecule has 1 unspecified atom stereocenters. The SMILES string of the molecule is CCC1(c2cccc(N3CCN(CCCN4CCN(C(=O)OC(C)(C)C)CC4)CC3=O)c2)CNc2nccc(Cl)c21.